The molecule has 0 aliphatic heterocycles. The predicted octanol–water partition coefficient (Wildman–Crippen LogP) is 2.18. The Morgan fingerprint density at radius 2 is 1.19 bits per heavy atom. The first-order valence-electron chi connectivity index (χ1n) is 4.93. The highest BCUT2D eigenvalue weighted by atomic mass is 16.3. The summed E-state index contributed by atoms with van der Waals surface area (Å²) in [4.78, 5) is 0. The van der Waals surface area contributed by atoms with E-state index in [1.807, 2.05) is 0 Å². The standard InChI is InChI=1S/C13H12O3/c14-11-5-1-3-9(7-11)13(16)10-4-2-6-12(15)8-10/h1-8,13-16H. The summed E-state index contributed by atoms with van der Waals surface area (Å²) in [6, 6.07) is 12.8. The number of aliphatic hydroxyl groups is 1. The third-order valence-electron chi connectivity index (χ3n) is 2.37. The van der Waals surface area contributed by atoms with Crippen molar-refractivity contribution >= 4 is 0 Å². The van der Waals surface area contributed by atoms with E-state index >= 15 is 0 Å². The summed E-state index contributed by atoms with van der Waals surface area (Å²) in [5, 5.41) is 28.6. The molecule has 82 valence electrons. The van der Waals surface area contributed by atoms with Crippen molar-refractivity contribution in [1.82, 2.24) is 0 Å². The highest BCUT2D eigenvalue weighted by Gasteiger charge is 2.10. The van der Waals surface area contributed by atoms with Crippen LogP contribution in [0.1, 0.15) is 17.2 Å². The third kappa shape index (κ3) is 2.15. The smallest absolute Gasteiger partial charge is 0.115 e. The summed E-state index contributed by atoms with van der Waals surface area (Å²) in [6.45, 7) is 0. The molecule has 2 aromatic rings. The van der Waals surface area contributed by atoms with Crippen LogP contribution in [0.4, 0.5) is 0 Å². The minimum atomic E-state index is -0.848. The number of aromatic hydroxyl groups is 2. The fraction of sp³-hybridized carbons (Fsp3) is 0.0769. The average Bonchev–Trinajstić information content (AvgIpc) is 2.28. The van der Waals surface area contributed by atoms with Crippen molar-refractivity contribution in [3.63, 3.8) is 0 Å². The van der Waals surface area contributed by atoms with Gasteiger partial charge in [-0.15, -0.1) is 0 Å². The molecule has 0 fully saturated rings. The SMILES string of the molecule is Oc1cccc(C(O)c2cccc(O)c2)c1. The second-order valence-electron chi connectivity index (χ2n) is 3.59. The van der Waals surface area contributed by atoms with Crippen LogP contribution in [0.2, 0.25) is 0 Å². The van der Waals surface area contributed by atoms with E-state index in [1.54, 1.807) is 36.4 Å². The summed E-state index contributed by atoms with van der Waals surface area (Å²) >= 11 is 0. The first kappa shape index (κ1) is 10.5. The number of phenols is 2. The molecule has 0 radical (unpaired) electrons. The lowest BCUT2D eigenvalue weighted by Crippen LogP contribution is -1.98. The molecule has 0 atom stereocenters. The number of hydrogen-bond acceptors (Lipinski definition) is 3. The third-order valence-corrected chi connectivity index (χ3v) is 2.37. The lowest BCUT2D eigenvalue weighted by atomic mass is 10.0. The summed E-state index contributed by atoms with van der Waals surface area (Å²) in [6.07, 6.45) is -0.848. The normalized spacial score (nSPS) is 10.6. The molecule has 0 saturated carbocycles. The first-order valence-corrected chi connectivity index (χ1v) is 4.93. The molecule has 3 N–H and O–H groups in total. The molecule has 3 nitrogen and oxygen atoms in total. The van der Waals surface area contributed by atoms with E-state index < -0.39 is 6.10 Å². The van der Waals surface area contributed by atoms with Crippen LogP contribution in [0.25, 0.3) is 0 Å². The molecule has 0 amide bonds. The Bertz CT molecular complexity index is 449. The van der Waals surface area contributed by atoms with E-state index in [-0.39, 0.29) is 11.5 Å². The number of aliphatic hydroxyl groups excluding tert-OH is 1. The predicted molar refractivity (Wildman–Crippen MR) is 60.3 cm³/mol. The van der Waals surface area contributed by atoms with Crippen LogP contribution < -0.4 is 0 Å². The Balaban J connectivity index is 2.35. The van der Waals surface area contributed by atoms with E-state index in [2.05, 4.69) is 0 Å². The number of benzene rings is 2. The van der Waals surface area contributed by atoms with Gasteiger partial charge >= 0.3 is 0 Å². The largest absolute Gasteiger partial charge is 0.508 e. The van der Waals surface area contributed by atoms with Crippen LogP contribution in [0.3, 0.4) is 0 Å². The van der Waals surface area contributed by atoms with Crippen LogP contribution in [-0.2, 0) is 0 Å². The van der Waals surface area contributed by atoms with E-state index in [0.717, 1.165) is 0 Å². The molecule has 0 aliphatic rings. The van der Waals surface area contributed by atoms with Crippen molar-refractivity contribution in [2.75, 3.05) is 0 Å². The van der Waals surface area contributed by atoms with Gasteiger partial charge in [0.15, 0.2) is 0 Å². The summed E-state index contributed by atoms with van der Waals surface area (Å²) in [5.74, 6) is 0.216. The number of hydrogen-bond donors (Lipinski definition) is 3. The van der Waals surface area contributed by atoms with Crippen LogP contribution in [0.15, 0.2) is 48.5 Å². The van der Waals surface area contributed by atoms with Gasteiger partial charge in [0.25, 0.3) is 0 Å². The van der Waals surface area contributed by atoms with Gasteiger partial charge in [-0.05, 0) is 35.4 Å². The van der Waals surface area contributed by atoms with Gasteiger partial charge in [-0.3, -0.25) is 0 Å². The minimum Gasteiger partial charge on any atom is -0.508 e. The fourth-order valence-electron chi connectivity index (χ4n) is 1.58. The van der Waals surface area contributed by atoms with E-state index in [1.165, 1.54) is 12.1 Å². The molecular formula is C13H12O3. The summed E-state index contributed by atoms with van der Waals surface area (Å²) in [7, 11) is 0. The minimum absolute atomic E-state index is 0.108. The van der Waals surface area contributed by atoms with Gasteiger partial charge in [0, 0.05) is 0 Å². The van der Waals surface area contributed by atoms with Gasteiger partial charge in [-0.2, -0.15) is 0 Å². The molecular weight excluding hydrogens is 204 g/mol. The Hall–Kier alpha value is -2.00. The Labute approximate surface area is 93.2 Å². The zero-order valence-electron chi connectivity index (χ0n) is 8.54. The zero-order chi connectivity index (χ0) is 11.5. The van der Waals surface area contributed by atoms with E-state index in [0.29, 0.717) is 11.1 Å². The lowest BCUT2D eigenvalue weighted by Gasteiger charge is -2.11. The second kappa shape index (κ2) is 4.24. The highest BCUT2D eigenvalue weighted by molar-refractivity contribution is 5.37. The van der Waals surface area contributed by atoms with Crippen molar-refractivity contribution in [2.24, 2.45) is 0 Å². The topological polar surface area (TPSA) is 60.7 Å². The van der Waals surface area contributed by atoms with Crippen LogP contribution in [-0.4, -0.2) is 15.3 Å². The number of rotatable bonds is 2. The zero-order valence-corrected chi connectivity index (χ0v) is 8.54. The number of phenolic OH excluding ortho intramolecular Hbond substituents is 2. The van der Waals surface area contributed by atoms with Gasteiger partial charge in [-0.1, -0.05) is 24.3 Å². The molecule has 0 bridgehead atoms. The van der Waals surface area contributed by atoms with Gasteiger partial charge in [0.2, 0.25) is 0 Å². The van der Waals surface area contributed by atoms with Gasteiger partial charge in [0.1, 0.15) is 17.6 Å². The van der Waals surface area contributed by atoms with Crippen molar-refractivity contribution in [2.45, 2.75) is 6.10 Å². The van der Waals surface area contributed by atoms with Crippen molar-refractivity contribution in [3.8, 4) is 11.5 Å². The molecule has 0 spiro atoms. The molecule has 0 heterocycles. The molecule has 3 heteroatoms. The molecule has 2 rings (SSSR count). The van der Waals surface area contributed by atoms with Crippen LogP contribution in [0.5, 0.6) is 11.5 Å². The van der Waals surface area contributed by atoms with Crippen molar-refractivity contribution < 1.29 is 15.3 Å². The monoisotopic (exact) mass is 216 g/mol. The molecule has 16 heavy (non-hydrogen) atoms. The van der Waals surface area contributed by atoms with Crippen molar-refractivity contribution in [1.29, 1.82) is 0 Å². The Kier molecular flexibility index (Phi) is 2.79. The first-order chi connectivity index (χ1) is 7.66. The molecule has 0 saturated heterocycles. The second-order valence-corrected chi connectivity index (χ2v) is 3.59. The van der Waals surface area contributed by atoms with Crippen molar-refractivity contribution in [3.05, 3.63) is 59.7 Å². The quantitative estimate of drug-likeness (QED) is 0.721. The van der Waals surface area contributed by atoms with Gasteiger partial charge in [0.05, 0.1) is 0 Å². The maximum atomic E-state index is 10.0. The van der Waals surface area contributed by atoms with Gasteiger partial charge in [-0.25, -0.2) is 0 Å². The molecule has 2 aromatic carbocycles. The summed E-state index contributed by atoms with van der Waals surface area (Å²) in [5.41, 5.74) is 1.18. The average molecular weight is 216 g/mol. The maximum absolute atomic E-state index is 10.0. The lowest BCUT2D eigenvalue weighted by molar-refractivity contribution is 0.219. The highest BCUT2D eigenvalue weighted by Crippen LogP contribution is 2.26. The molecule has 0 aromatic heterocycles. The van der Waals surface area contributed by atoms with Crippen LogP contribution >= 0.6 is 0 Å². The van der Waals surface area contributed by atoms with E-state index in [4.69, 9.17) is 0 Å². The van der Waals surface area contributed by atoms with Crippen LogP contribution in [0, 0.1) is 0 Å². The Morgan fingerprint density at radius 1 is 0.750 bits per heavy atom. The Morgan fingerprint density at radius 3 is 1.56 bits per heavy atom. The summed E-state index contributed by atoms with van der Waals surface area (Å²) < 4.78 is 0. The van der Waals surface area contributed by atoms with E-state index in [9.17, 15) is 15.3 Å². The fourth-order valence-corrected chi connectivity index (χ4v) is 1.58. The van der Waals surface area contributed by atoms with Gasteiger partial charge < -0.3 is 15.3 Å². The molecule has 0 unspecified atom stereocenters. The maximum Gasteiger partial charge on any atom is 0.115 e. The molecule has 0 aliphatic carbocycles.